The highest BCUT2D eigenvalue weighted by molar-refractivity contribution is 8.00. The summed E-state index contributed by atoms with van der Waals surface area (Å²) in [5.74, 6) is 1.82. The van der Waals surface area contributed by atoms with E-state index in [0.717, 1.165) is 26.3 Å². The Hall–Kier alpha value is 0.230. The van der Waals surface area contributed by atoms with Gasteiger partial charge in [-0.05, 0) is 19.8 Å². The van der Waals surface area contributed by atoms with Crippen molar-refractivity contribution in [1.29, 1.82) is 0 Å². The molecule has 0 aromatic heterocycles. The van der Waals surface area contributed by atoms with Gasteiger partial charge in [-0.3, -0.25) is 4.90 Å². The first kappa shape index (κ1) is 14.6. The van der Waals surface area contributed by atoms with Crippen LogP contribution in [0.25, 0.3) is 0 Å². The average molecular weight is 272 g/mol. The second-order valence-corrected chi connectivity index (χ2v) is 8.27. The van der Waals surface area contributed by atoms with E-state index in [0.29, 0.717) is 10.7 Å². The van der Waals surface area contributed by atoms with Crippen LogP contribution in [0.4, 0.5) is 0 Å². The Kier molecular flexibility index (Phi) is 4.63. The largest absolute Gasteiger partial charge is 0.381 e. The minimum absolute atomic E-state index is 0.123. The molecule has 2 saturated heterocycles. The smallest absolute Gasteiger partial charge is 0.0513 e. The number of hydrogen-bond acceptors (Lipinski definition) is 4. The van der Waals surface area contributed by atoms with Crippen LogP contribution in [0.1, 0.15) is 33.6 Å². The van der Waals surface area contributed by atoms with Crippen molar-refractivity contribution in [3.63, 3.8) is 0 Å². The van der Waals surface area contributed by atoms with E-state index in [9.17, 15) is 0 Å². The van der Waals surface area contributed by atoms with Gasteiger partial charge in [0.05, 0.1) is 6.61 Å². The maximum absolute atomic E-state index is 6.13. The van der Waals surface area contributed by atoms with Crippen LogP contribution in [0.3, 0.4) is 0 Å². The van der Waals surface area contributed by atoms with Crippen molar-refractivity contribution in [3.05, 3.63) is 0 Å². The highest BCUT2D eigenvalue weighted by atomic mass is 32.2. The summed E-state index contributed by atoms with van der Waals surface area (Å²) in [5, 5.41) is 0. The zero-order valence-electron chi connectivity index (χ0n) is 12.1. The molecule has 2 aliphatic heterocycles. The van der Waals surface area contributed by atoms with E-state index in [1.807, 2.05) is 0 Å². The molecule has 2 atom stereocenters. The lowest BCUT2D eigenvalue weighted by atomic mass is 9.83. The third-order valence-electron chi connectivity index (χ3n) is 4.78. The minimum atomic E-state index is 0.123. The lowest BCUT2D eigenvalue weighted by Gasteiger charge is -2.44. The van der Waals surface area contributed by atoms with Gasteiger partial charge in [-0.2, -0.15) is 11.8 Å². The summed E-state index contributed by atoms with van der Waals surface area (Å²) in [6, 6.07) is 0. The van der Waals surface area contributed by atoms with E-state index in [2.05, 4.69) is 37.4 Å². The van der Waals surface area contributed by atoms with E-state index in [-0.39, 0.29) is 5.54 Å². The Labute approximate surface area is 116 Å². The van der Waals surface area contributed by atoms with Crippen molar-refractivity contribution in [3.8, 4) is 0 Å². The summed E-state index contributed by atoms with van der Waals surface area (Å²) in [7, 11) is 0. The van der Waals surface area contributed by atoms with Gasteiger partial charge in [0.25, 0.3) is 0 Å². The highest BCUT2D eigenvalue weighted by Gasteiger charge is 2.41. The molecule has 106 valence electrons. The molecule has 2 aliphatic rings. The molecular weight excluding hydrogens is 244 g/mol. The van der Waals surface area contributed by atoms with Crippen molar-refractivity contribution in [2.24, 2.45) is 11.7 Å². The number of ether oxygens (including phenoxy) is 1. The lowest BCUT2D eigenvalue weighted by Crippen LogP contribution is -2.57. The number of nitrogens with two attached hydrogens (primary N) is 1. The van der Waals surface area contributed by atoms with Crippen molar-refractivity contribution >= 4 is 11.8 Å². The van der Waals surface area contributed by atoms with Gasteiger partial charge < -0.3 is 10.5 Å². The Morgan fingerprint density at radius 2 is 2.22 bits per heavy atom. The second-order valence-electron chi connectivity index (χ2n) is 6.47. The first-order valence-electron chi connectivity index (χ1n) is 7.15. The van der Waals surface area contributed by atoms with Gasteiger partial charge in [0, 0.05) is 48.2 Å². The monoisotopic (exact) mass is 272 g/mol. The first-order valence-corrected chi connectivity index (χ1v) is 8.13. The van der Waals surface area contributed by atoms with Gasteiger partial charge in [0.2, 0.25) is 0 Å². The molecule has 2 N–H and O–H groups in total. The SMILES string of the molecule is CC1(C)CCN(C(C)(CN)C2CCOC2)CCS1. The zero-order chi connectivity index (χ0) is 13.2. The molecule has 0 aliphatic carbocycles. The van der Waals surface area contributed by atoms with Crippen LogP contribution in [0, 0.1) is 5.92 Å². The lowest BCUT2D eigenvalue weighted by molar-refractivity contribution is 0.0494. The van der Waals surface area contributed by atoms with E-state index < -0.39 is 0 Å². The van der Waals surface area contributed by atoms with Gasteiger partial charge in [-0.25, -0.2) is 0 Å². The maximum atomic E-state index is 6.13. The summed E-state index contributed by atoms with van der Waals surface area (Å²) in [4.78, 5) is 2.63. The predicted octanol–water partition coefficient (Wildman–Crippen LogP) is 1.96. The van der Waals surface area contributed by atoms with Crippen molar-refractivity contribution in [2.75, 3.05) is 38.6 Å². The number of nitrogens with zero attached hydrogens (tertiary/aromatic N) is 1. The van der Waals surface area contributed by atoms with E-state index in [1.165, 1.54) is 25.1 Å². The van der Waals surface area contributed by atoms with Gasteiger partial charge in [0.15, 0.2) is 0 Å². The highest BCUT2D eigenvalue weighted by Crippen LogP contribution is 2.36. The fourth-order valence-electron chi connectivity index (χ4n) is 3.11. The van der Waals surface area contributed by atoms with Crippen molar-refractivity contribution < 1.29 is 4.74 Å². The summed E-state index contributed by atoms with van der Waals surface area (Å²) >= 11 is 2.10. The van der Waals surface area contributed by atoms with Crippen LogP contribution in [0.15, 0.2) is 0 Å². The van der Waals surface area contributed by atoms with Crippen molar-refractivity contribution in [1.82, 2.24) is 4.90 Å². The Bertz CT molecular complexity index is 279. The second kappa shape index (κ2) is 5.70. The normalized spacial score (nSPS) is 33.0. The fourth-order valence-corrected chi connectivity index (χ4v) is 4.21. The number of rotatable bonds is 3. The molecule has 0 aromatic rings. The maximum Gasteiger partial charge on any atom is 0.0513 e. The summed E-state index contributed by atoms with van der Waals surface area (Å²) in [6.45, 7) is 11.9. The van der Waals surface area contributed by atoms with Crippen LogP contribution in [0.5, 0.6) is 0 Å². The number of hydrogen-bond donors (Lipinski definition) is 1. The summed E-state index contributed by atoms with van der Waals surface area (Å²) in [6.07, 6.45) is 2.42. The molecule has 2 rings (SSSR count). The molecule has 0 saturated carbocycles. The molecule has 18 heavy (non-hydrogen) atoms. The zero-order valence-corrected chi connectivity index (χ0v) is 12.9. The molecule has 0 bridgehead atoms. The Balaban J connectivity index is 2.07. The third-order valence-corrected chi connectivity index (χ3v) is 6.15. The number of thioether (sulfide) groups is 1. The summed E-state index contributed by atoms with van der Waals surface area (Å²) in [5.41, 5.74) is 6.25. The minimum Gasteiger partial charge on any atom is -0.381 e. The molecule has 0 amide bonds. The van der Waals surface area contributed by atoms with Crippen molar-refractivity contribution in [2.45, 2.75) is 43.9 Å². The van der Waals surface area contributed by atoms with Gasteiger partial charge >= 0.3 is 0 Å². The fraction of sp³-hybridized carbons (Fsp3) is 1.00. The summed E-state index contributed by atoms with van der Waals surface area (Å²) < 4.78 is 5.99. The first-order chi connectivity index (χ1) is 8.48. The molecule has 2 heterocycles. The predicted molar refractivity (Wildman–Crippen MR) is 79.1 cm³/mol. The molecule has 0 spiro atoms. The average Bonchev–Trinajstić information content (AvgIpc) is 2.80. The van der Waals surface area contributed by atoms with Gasteiger partial charge in [0.1, 0.15) is 0 Å². The molecule has 3 nitrogen and oxygen atoms in total. The molecule has 0 radical (unpaired) electrons. The Morgan fingerprint density at radius 3 is 2.83 bits per heavy atom. The van der Waals surface area contributed by atoms with E-state index in [1.54, 1.807) is 0 Å². The standard InChI is InChI=1S/C14H28N2OS/c1-13(2)5-6-16(7-9-18-13)14(3,11-15)12-4-8-17-10-12/h12H,4-11,15H2,1-3H3. The van der Waals surface area contributed by atoms with Crippen LogP contribution in [0.2, 0.25) is 0 Å². The van der Waals surface area contributed by atoms with Gasteiger partial charge in [-0.1, -0.05) is 13.8 Å². The quantitative estimate of drug-likeness (QED) is 0.852. The van der Waals surface area contributed by atoms with Crippen LogP contribution < -0.4 is 5.73 Å². The Morgan fingerprint density at radius 1 is 1.44 bits per heavy atom. The van der Waals surface area contributed by atoms with Crippen LogP contribution in [-0.2, 0) is 4.74 Å². The topological polar surface area (TPSA) is 38.5 Å². The van der Waals surface area contributed by atoms with Crippen LogP contribution in [-0.4, -0.2) is 53.8 Å². The van der Waals surface area contributed by atoms with E-state index in [4.69, 9.17) is 10.5 Å². The van der Waals surface area contributed by atoms with Crippen LogP contribution >= 0.6 is 11.8 Å². The van der Waals surface area contributed by atoms with E-state index >= 15 is 0 Å². The molecule has 2 fully saturated rings. The molecule has 2 unspecified atom stereocenters. The third kappa shape index (κ3) is 3.03. The molecule has 0 aromatic carbocycles. The molecular formula is C14H28N2OS. The molecule has 4 heteroatoms. The van der Waals surface area contributed by atoms with Gasteiger partial charge in [-0.15, -0.1) is 0 Å².